The molecule has 1 atom stereocenters. The van der Waals surface area contributed by atoms with Crippen molar-refractivity contribution in [1.82, 2.24) is 19.9 Å². The van der Waals surface area contributed by atoms with Crippen molar-refractivity contribution in [3.8, 4) is 0 Å². The maximum atomic E-state index is 4.64. The van der Waals surface area contributed by atoms with Crippen LogP contribution in [0.1, 0.15) is 50.3 Å². The molecule has 4 nitrogen and oxygen atoms in total. The Bertz CT molecular complexity index is 547. The monoisotopic (exact) mass is 286 g/mol. The number of hydrogen-bond acceptors (Lipinski definition) is 3. The molecule has 2 aromatic heterocycles. The van der Waals surface area contributed by atoms with Crippen molar-refractivity contribution in [2.45, 2.75) is 52.6 Å². The highest BCUT2D eigenvalue weighted by molar-refractivity contribution is 5.24. The highest BCUT2D eigenvalue weighted by atomic mass is 15.1. The van der Waals surface area contributed by atoms with Gasteiger partial charge in [0.05, 0.1) is 11.7 Å². The van der Waals surface area contributed by atoms with Crippen molar-refractivity contribution in [1.29, 1.82) is 0 Å². The largest absolute Gasteiger partial charge is 0.335 e. The molecule has 1 unspecified atom stereocenters. The van der Waals surface area contributed by atoms with Gasteiger partial charge in [0, 0.05) is 31.6 Å². The van der Waals surface area contributed by atoms with E-state index in [1.54, 1.807) is 0 Å². The molecular formula is C17H26N4. The second kappa shape index (κ2) is 7.93. The van der Waals surface area contributed by atoms with Gasteiger partial charge in [-0.3, -0.25) is 4.98 Å². The molecule has 0 bridgehead atoms. The zero-order valence-electron chi connectivity index (χ0n) is 13.3. The normalized spacial score (nSPS) is 12.5. The number of pyridine rings is 1. The molecule has 4 heteroatoms. The van der Waals surface area contributed by atoms with E-state index in [1.165, 1.54) is 11.3 Å². The van der Waals surface area contributed by atoms with Gasteiger partial charge >= 0.3 is 0 Å². The molecule has 2 rings (SSSR count). The molecule has 0 aliphatic carbocycles. The fraction of sp³-hybridized carbons (Fsp3) is 0.529. The Balaban J connectivity index is 2.25. The molecule has 0 radical (unpaired) electrons. The number of aromatic nitrogens is 3. The minimum atomic E-state index is 0.230. The molecule has 0 saturated carbocycles. The van der Waals surface area contributed by atoms with E-state index >= 15 is 0 Å². The summed E-state index contributed by atoms with van der Waals surface area (Å²) in [5, 5.41) is 3.63. The summed E-state index contributed by atoms with van der Waals surface area (Å²) >= 11 is 0. The van der Waals surface area contributed by atoms with Crippen molar-refractivity contribution in [3.05, 3.63) is 47.8 Å². The van der Waals surface area contributed by atoms with E-state index in [9.17, 15) is 0 Å². The third kappa shape index (κ3) is 3.91. The predicted molar refractivity (Wildman–Crippen MR) is 86.3 cm³/mol. The molecule has 0 aliphatic rings. The Morgan fingerprint density at radius 1 is 1.19 bits per heavy atom. The summed E-state index contributed by atoms with van der Waals surface area (Å²) in [7, 11) is 0. The molecule has 0 spiro atoms. The average Bonchev–Trinajstić information content (AvgIpc) is 2.98. The third-order valence-electron chi connectivity index (χ3n) is 3.81. The lowest BCUT2D eigenvalue weighted by Crippen LogP contribution is -2.27. The van der Waals surface area contributed by atoms with E-state index in [1.807, 2.05) is 24.7 Å². The first-order valence-corrected chi connectivity index (χ1v) is 7.97. The molecule has 0 fully saturated rings. The number of imidazole rings is 1. The van der Waals surface area contributed by atoms with Gasteiger partial charge in [-0.05, 0) is 37.9 Å². The summed E-state index contributed by atoms with van der Waals surface area (Å²) in [6.07, 6.45) is 8.83. The van der Waals surface area contributed by atoms with Gasteiger partial charge < -0.3 is 9.88 Å². The fourth-order valence-electron chi connectivity index (χ4n) is 2.65. The van der Waals surface area contributed by atoms with Crippen LogP contribution >= 0.6 is 0 Å². The van der Waals surface area contributed by atoms with Gasteiger partial charge in [0.25, 0.3) is 0 Å². The molecule has 0 saturated heterocycles. The van der Waals surface area contributed by atoms with Crippen LogP contribution in [-0.2, 0) is 19.4 Å². The molecule has 0 aromatic carbocycles. The first kappa shape index (κ1) is 15.7. The lowest BCUT2D eigenvalue weighted by Gasteiger charge is -2.20. The van der Waals surface area contributed by atoms with E-state index in [0.717, 1.165) is 38.2 Å². The summed E-state index contributed by atoms with van der Waals surface area (Å²) in [4.78, 5) is 9.15. The van der Waals surface area contributed by atoms with E-state index in [4.69, 9.17) is 0 Å². The molecular weight excluding hydrogens is 260 g/mol. The second-order valence-corrected chi connectivity index (χ2v) is 5.24. The second-order valence-electron chi connectivity index (χ2n) is 5.24. The minimum Gasteiger partial charge on any atom is -0.335 e. The SMILES string of the molecule is CCCNC(Cc1nccn1CC)c1ncccc1CC. The summed E-state index contributed by atoms with van der Waals surface area (Å²) in [6, 6.07) is 4.43. The van der Waals surface area contributed by atoms with E-state index in [-0.39, 0.29) is 6.04 Å². The first-order chi connectivity index (χ1) is 10.3. The molecule has 2 aromatic rings. The Labute approximate surface area is 127 Å². The van der Waals surface area contributed by atoms with Crippen LogP contribution in [-0.4, -0.2) is 21.1 Å². The average molecular weight is 286 g/mol. The predicted octanol–water partition coefficient (Wildman–Crippen LogP) is 3.14. The highest BCUT2D eigenvalue weighted by Crippen LogP contribution is 2.20. The van der Waals surface area contributed by atoms with Crippen LogP contribution in [0.2, 0.25) is 0 Å². The zero-order valence-corrected chi connectivity index (χ0v) is 13.3. The fourth-order valence-corrected chi connectivity index (χ4v) is 2.65. The van der Waals surface area contributed by atoms with Crippen LogP contribution in [0.15, 0.2) is 30.7 Å². The Kier molecular flexibility index (Phi) is 5.93. The zero-order chi connectivity index (χ0) is 15.1. The number of rotatable bonds is 8. The number of nitrogens with one attached hydrogen (secondary N) is 1. The topological polar surface area (TPSA) is 42.7 Å². The van der Waals surface area contributed by atoms with Gasteiger partial charge in [-0.15, -0.1) is 0 Å². The Morgan fingerprint density at radius 3 is 2.76 bits per heavy atom. The van der Waals surface area contributed by atoms with Crippen LogP contribution in [0.5, 0.6) is 0 Å². The van der Waals surface area contributed by atoms with Crippen LogP contribution in [0.3, 0.4) is 0 Å². The number of hydrogen-bond donors (Lipinski definition) is 1. The van der Waals surface area contributed by atoms with Crippen molar-refractivity contribution in [2.24, 2.45) is 0 Å². The molecule has 0 amide bonds. The van der Waals surface area contributed by atoms with E-state index in [2.05, 4.69) is 46.7 Å². The van der Waals surface area contributed by atoms with Gasteiger partial charge in [0.1, 0.15) is 5.82 Å². The molecule has 21 heavy (non-hydrogen) atoms. The van der Waals surface area contributed by atoms with E-state index < -0.39 is 0 Å². The standard InChI is InChI=1S/C17H26N4/c1-4-9-18-15(13-16-19-11-12-21(16)6-3)17-14(5-2)8-7-10-20-17/h7-8,10-12,15,18H,4-6,9,13H2,1-3H3. The maximum absolute atomic E-state index is 4.64. The lowest BCUT2D eigenvalue weighted by atomic mass is 10.0. The van der Waals surface area contributed by atoms with Gasteiger partial charge in [-0.1, -0.05) is 19.9 Å². The lowest BCUT2D eigenvalue weighted by molar-refractivity contribution is 0.493. The maximum Gasteiger partial charge on any atom is 0.110 e. The molecule has 0 aliphatic heterocycles. The van der Waals surface area contributed by atoms with Gasteiger partial charge in [0.2, 0.25) is 0 Å². The number of aryl methyl sites for hydroxylation is 2. The smallest absolute Gasteiger partial charge is 0.110 e. The van der Waals surface area contributed by atoms with E-state index in [0.29, 0.717) is 0 Å². The molecule has 2 heterocycles. The highest BCUT2D eigenvalue weighted by Gasteiger charge is 2.18. The quantitative estimate of drug-likeness (QED) is 0.810. The molecule has 114 valence electrons. The summed E-state index contributed by atoms with van der Waals surface area (Å²) in [5.74, 6) is 1.12. The first-order valence-electron chi connectivity index (χ1n) is 7.97. The van der Waals surface area contributed by atoms with Crippen LogP contribution < -0.4 is 5.32 Å². The van der Waals surface area contributed by atoms with Crippen LogP contribution in [0, 0.1) is 0 Å². The van der Waals surface area contributed by atoms with Crippen molar-refractivity contribution in [3.63, 3.8) is 0 Å². The summed E-state index contributed by atoms with van der Waals surface area (Å²) in [6.45, 7) is 8.48. The summed E-state index contributed by atoms with van der Waals surface area (Å²) in [5.41, 5.74) is 2.49. The Hall–Kier alpha value is -1.68. The Morgan fingerprint density at radius 2 is 2.05 bits per heavy atom. The van der Waals surface area contributed by atoms with Gasteiger partial charge in [-0.2, -0.15) is 0 Å². The van der Waals surface area contributed by atoms with Gasteiger partial charge in [0.15, 0.2) is 0 Å². The van der Waals surface area contributed by atoms with Gasteiger partial charge in [-0.25, -0.2) is 4.98 Å². The summed E-state index contributed by atoms with van der Waals surface area (Å²) < 4.78 is 2.20. The molecule has 1 N–H and O–H groups in total. The van der Waals surface area contributed by atoms with Crippen molar-refractivity contribution < 1.29 is 0 Å². The van der Waals surface area contributed by atoms with Crippen LogP contribution in [0.25, 0.3) is 0 Å². The third-order valence-corrected chi connectivity index (χ3v) is 3.81. The minimum absolute atomic E-state index is 0.230. The van der Waals surface area contributed by atoms with Crippen molar-refractivity contribution >= 4 is 0 Å². The van der Waals surface area contributed by atoms with Crippen LogP contribution in [0.4, 0.5) is 0 Å². The van der Waals surface area contributed by atoms with Crippen molar-refractivity contribution in [2.75, 3.05) is 6.54 Å². The number of nitrogens with zero attached hydrogens (tertiary/aromatic N) is 3.